The molecule has 1 aliphatic carbocycles. The predicted molar refractivity (Wildman–Crippen MR) is 140 cm³/mol. The Morgan fingerprint density at radius 3 is 2.36 bits per heavy atom. The van der Waals surface area contributed by atoms with Crippen LogP contribution in [0.5, 0.6) is 5.75 Å². The smallest absolute Gasteiger partial charge is 0.335 e. The Morgan fingerprint density at radius 2 is 1.67 bits per heavy atom. The van der Waals surface area contributed by atoms with Gasteiger partial charge in [0.1, 0.15) is 5.75 Å². The van der Waals surface area contributed by atoms with Crippen molar-refractivity contribution in [3.05, 3.63) is 106 Å². The predicted octanol–water partition coefficient (Wildman–Crippen LogP) is 6.76. The van der Waals surface area contributed by atoms with E-state index in [-0.39, 0.29) is 23.1 Å². The van der Waals surface area contributed by atoms with Crippen LogP contribution in [0.2, 0.25) is 5.02 Å². The summed E-state index contributed by atoms with van der Waals surface area (Å²) in [5.41, 5.74) is 6.02. The maximum atomic E-state index is 13.2. The number of halogens is 1. The summed E-state index contributed by atoms with van der Waals surface area (Å²) in [7, 11) is 0. The molecule has 36 heavy (non-hydrogen) atoms. The number of para-hydroxylation sites is 1. The van der Waals surface area contributed by atoms with E-state index in [1.165, 1.54) is 0 Å². The molecule has 6 rings (SSSR count). The first-order chi connectivity index (χ1) is 17.3. The molecule has 5 nitrogen and oxygen atoms in total. The number of benzene rings is 4. The van der Waals surface area contributed by atoms with Crippen LogP contribution in [0.4, 0.5) is 5.69 Å². The Balaban J connectivity index is 1.38. The standard InChI is InChI=1S/C30H22ClNO4/c1-16-6-7-19(12-21(16)28(34)35)24-15-30(24)23-13-22(25(31)14-26(23)32-29(30)36)18-10-8-17(9-11-18)20-4-2-3-5-27(20)33/h2-14,24,33H,15H2,1H3,(H,32,36)(H,34,35). The van der Waals surface area contributed by atoms with Crippen LogP contribution in [0.3, 0.4) is 0 Å². The van der Waals surface area contributed by atoms with Gasteiger partial charge in [0.25, 0.3) is 0 Å². The molecule has 1 aliphatic heterocycles. The molecule has 4 aromatic rings. The van der Waals surface area contributed by atoms with Crippen LogP contribution in [0.1, 0.15) is 39.4 Å². The molecule has 2 aliphatic rings. The Bertz CT molecular complexity index is 1580. The molecule has 1 amide bonds. The average molecular weight is 496 g/mol. The normalized spacial score (nSPS) is 19.7. The van der Waals surface area contributed by atoms with E-state index < -0.39 is 11.4 Å². The number of carbonyl (C=O) groups is 2. The molecule has 1 heterocycles. The number of rotatable bonds is 4. The monoisotopic (exact) mass is 495 g/mol. The Morgan fingerprint density at radius 1 is 0.972 bits per heavy atom. The highest BCUT2D eigenvalue weighted by molar-refractivity contribution is 6.34. The topological polar surface area (TPSA) is 86.6 Å². The SMILES string of the molecule is Cc1ccc(C2CC23C(=O)Nc2cc(Cl)c(-c4ccc(-c5ccccc5O)cc4)cc23)cc1C(=O)O. The third-order valence-corrected chi connectivity index (χ3v) is 7.82. The van der Waals surface area contributed by atoms with Crippen LogP contribution in [0.15, 0.2) is 78.9 Å². The van der Waals surface area contributed by atoms with Gasteiger partial charge in [-0.15, -0.1) is 0 Å². The zero-order valence-electron chi connectivity index (χ0n) is 19.4. The first-order valence-corrected chi connectivity index (χ1v) is 12.1. The van der Waals surface area contributed by atoms with Gasteiger partial charge in [-0.3, -0.25) is 4.79 Å². The third kappa shape index (κ3) is 3.31. The highest BCUT2D eigenvalue weighted by atomic mass is 35.5. The van der Waals surface area contributed by atoms with E-state index in [0.717, 1.165) is 33.4 Å². The fourth-order valence-electron chi connectivity index (χ4n) is 5.47. The molecule has 0 aromatic heterocycles. The molecule has 1 fully saturated rings. The van der Waals surface area contributed by atoms with Crippen molar-refractivity contribution < 1.29 is 19.8 Å². The second-order valence-electron chi connectivity index (χ2n) is 9.53. The van der Waals surface area contributed by atoms with Crippen LogP contribution in [-0.2, 0) is 10.2 Å². The lowest BCUT2D eigenvalue weighted by atomic mass is 9.89. The minimum atomic E-state index is -0.971. The number of phenolic OH excluding ortho intramolecular Hbond substituents is 1. The zero-order chi connectivity index (χ0) is 25.2. The number of carboxylic acids is 1. The molecular formula is C30H22ClNO4. The van der Waals surface area contributed by atoms with E-state index in [9.17, 15) is 19.8 Å². The van der Waals surface area contributed by atoms with Gasteiger partial charge in [0, 0.05) is 22.7 Å². The van der Waals surface area contributed by atoms with Gasteiger partial charge in [0.2, 0.25) is 5.91 Å². The van der Waals surface area contributed by atoms with Crippen LogP contribution in [0.25, 0.3) is 22.3 Å². The van der Waals surface area contributed by atoms with E-state index in [1.807, 2.05) is 48.5 Å². The number of aromatic hydroxyl groups is 1. The second-order valence-corrected chi connectivity index (χ2v) is 9.94. The van der Waals surface area contributed by atoms with Crippen LogP contribution < -0.4 is 5.32 Å². The summed E-state index contributed by atoms with van der Waals surface area (Å²) in [6.45, 7) is 1.77. The molecule has 0 radical (unpaired) electrons. The van der Waals surface area contributed by atoms with Gasteiger partial charge in [-0.1, -0.05) is 66.2 Å². The van der Waals surface area contributed by atoms with Crippen molar-refractivity contribution in [3.63, 3.8) is 0 Å². The van der Waals surface area contributed by atoms with Gasteiger partial charge >= 0.3 is 5.97 Å². The van der Waals surface area contributed by atoms with Crippen molar-refractivity contribution in [2.24, 2.45) is 0 Å². The summed E-state index contributed by atoms with van der Waals surface area (Å²) in [4.78, 5) is 24.8. The molecule has 1 spiro atoms. The molecule has 2 unspecified atom stereocenters. The number of aromatic carboxylic acids is 1. The van der Waals surface area contributed by atoms with Crippen LogP contribution in [-0.4, -0.2) is 22.1 Å². The van der Waals surface area contributed by atoms with E-state index in [1.54, 1.807) is 37.3 Å². The van der Waals surface area contributed by atoms with Crippen molar-refractivity contribution in [1.29, 1.82) is 0 Å². The summed E-state index contributed by atoms with van der Waals surface area (Å²) >= 11 is 6.66. The number of anilines is 1. The molecule has 178 valence electrons. The number of amides is 1. The molecule has 0 saturated heterocycles. The van der Waals surface area contributed by atoms with Crippen molar-refractivity contribution in [2.75, 3.05) is 5.32 Å². The highest BCUT2D eigenvalue weighted by Gasteiger charge is 2.65. The number of carbonyl (C=O) groups excluding carboxylic acids is 1. The van der Waals surface area contributed by atoms with Crippen LogP contribution >= 0.6 is 11.6 Å². The van der Waals surface area contributed by atoms with Gasteiger partial charge in [0.05, 0.1) is 16.0 Å². The fraction of sp³-hybridized carbons (Fsp3) is 0.133. The molecule has 2 atom stereocenters. The Kier molecular flexibility index (Phi) is 4.95. The zero-order valence-corrected chi connectivity index (χ0v) is 20.1. The highest BCUT2D eigenvalue weighted by Crippen LogP contribution is 2.65. The molecular weight excluding hydrogens is 474 g/mol. The molecule has 3 N–H and O–H groups in total. The lowest BCUT2D eigenvalue weighted by molar-refractivity contribution is -0.118. The number of phenols is 1. The van der Waals surface area contributed by atoms with Crippen molar-refractivity contribution in [2.45, 2.75) is 24.7 Å². The first-order valence-electron chi connectivity index (χ1n) is 11.7. The number of carboxylic acid groups (broad SMARTS) is 1. The maximum absolute atomic E-state index is 13.2. The van der Waals surface area contributed by atoms with E-state index in [0.29, 0.717) is 22.7 Å². The lowest BCUT2D eigenvalue weighted by Gasteiger charge is -2.13. The molecule has 0 bridgehead atoms. The second kappa shape index (κ2) is 7.97. The fourth-order valence-corrected chi connectivity index (χ4v) is 5.74. The van der Waals surface area contributed by atoms with Gasteiger partial charge in [-0.2, -0.15) is 0 Å². The quantitative estimate of drug-likeness (QED) is 0.292. The van der Waals surface area contributed by atoms with Gasteiger partial charge in [-0.25, -0.2) is 4.79 Å². The summed E-state index contributed by atoms with van der Waals surface area (Å²) in [5, 5.41) is 23.2. The molecule has 4 aromatic carbocycles. The van der Waals surface area contributed by atoms with Gasteiger partial charge in [0.15, 0.2) is 0 Å². The van der Waals surface area contributed by atoms with Crippen molar-refractivity contribution in [3.8, 4) is 28.0 Å². The summed E-state index contributed by atoms with van der Waals surface area (Å²) in [6.07, 6.45) is 0.612. The van der Waals surface area contributed by atoms with Crippen LogP contribution in [0, 0.1) is 6.92 Å². The van der Waals surface area contributed by atoms with Crippen molar-refractivity contribution >= 4 is 29.2 Å². The maximum Gasteiger partial charge on any atom is 0.335 e. The number of aryl methyl sites for hydroxylation is 1. The Labute approximate surface area is 213 Å². The third-order valence-electron chi connectivity index (χ3n) is 7.51. The molecule has 1 saturated carbocycles. The van der Waals surface area contributed by atoms with E-state index in [4.69, 9.17) is 11.6 Å². The number of fused-ring (bicyclic) bond motifs is 2. The largest absolute Gasteiger partial charge is 0.507 e. The number of hydrogen-bond donors (Lipinski definition) is 3. The average Bonchev–Trinajstić information content (AvgIpc) is 3.55. The van der Waals surface area contributed by atoms with E-state index in [2.05, 4.69) is 5.32 Å². The minimum Gasteiger partial charge on any atom is -0.507 e. The Hall–Kier alpha value is -4.09. The number of hydrogen-bond acceptors (Lipinski definition) is 3. The minimum absolute atomic E-state index is 0.0805. The van der Waals surface area contributed by atoms with Crippen molar-refractivity contribution in [1.82, 2.24) is 0 Å². The number of nitrogens with one attached hydrogen (secondary N) is 1. The van der Waals surface area contributed by atoms with E-state index >= 15 is 0 Å². The summed E-state index contributed by atoms with van der Waals surface area (Å²) in [6, 6.07) is 24.2. The summed E-state index contributed by atoms with van der Waals surface area (Å²) < 4.78 is 0. The van der Waals surface area contributed by atoms with Gasteiger partial charge in [-0.05, 0) is 65.4 Å². The first kappa shape index (κ1) is 22.4. The summed E-state index contributed by atoms with van der Waals surface area (Å²) in [5.74, 6) is -0.936. The van der Waals surface area contributed by atoms with Gasteiger partial charge < -0.3 is 15.5 Å². The molecule has 6 heteroatoms. The lowest BCUT2D eigenvalue weighted by Crippen LogP contribution is -2.21.